The standard InChI is InChI=1S/C13H18N2O4/c1-9(10-6-7-19-8-10)14-11-4-3-5-12(18-2)13(11)15(16)17/h3-5,9-10,14H,6-8H2,1-2H3. The number of nitro groups is 1. The van der Waals surface area contributed by atoms with Crippen LogP contribution in [0.4, 0.5) is 11.4 Å². The van der Waals surface area contributed by atoms with Gasteiger partial charge in [0.1, 0.15) is 5.69 Å². The van der Waals surface area contributed by atoms with Crippen molar-refractivity contribution in [2.24, 2.45) is 5.92 Å². The highest BCUT2D eigenvalue weighted by Crippen LogP contribution is 2.35. The molecule has 1 N–H and O–H groups in total. The molecule has 0 bridgehead atoms. The van der Waals surface area contributed by atoms with Gasteiger partial charge in [0.2, 0.25) is 0 Å². The Morgan fingerprint density at radius 2 is 2.37 bits per heavy atom. The molecule has 6 nitrogen and oxygen atoms in total. The summed E-state index contributed by atoms with van der Waals surface area (Å²) >= 11 is 0. The van der Waals surface area contributed by atoms with Crippen molar-refractivity contribution in [3.63, 3.8) is 0 Å². The van der Waals surface area contributed by atoms with E-state index in [0.29, 0.717) is 18.2 Å². The molecule has 0 aromatic heterocycles. The number of nitrogens with one attached hydrogen (secondary N) is 1. The maximum Gasteiger partial charge on any atom is 0.333 e. The van der Waals surface area contributed by atoms with E-state index in [4.69, 9.17) is 9.47 Å². The zero-order valence-corrected chi connectivity index (χ0v) is 11.1. The summed E-state index contributed by atoms with van der Waals surface area (Å²) in [5.41, 5.74) is 0.472. The molecule has 2 unspecified atom stereocenters. The average molecular weight is 266 g/mol. The molecule has 1 heterocycles. The zero-order chi connectivity index (χ0) is 13.8. The molecule has 0 amide bonds. The molecule has 0 spiro atoms. The molecule has 2 rings (SSSR count). The minimum absolute atomic E-state index is 0.0178. The van der Waals surface area contributed by atoms with Gasteiger partial charge in [0.15, 0.2) is 5.75 Å². The second-order valence-corrected chi connectivity index (χ2v) is 4.67. The Labute approximate surface area is 111 Å². The Hall–Kier alpha value is -1.82. The molecule has 1 aromatic rings. The number of methoxy groups -OCH3 is 1. The normalized spacial score (nSPS) is 20.0. The molecule has 19 heavy (non-hydrogen) atoms. The van der Waals surface area contributed by atoms with Crippen LogP contribution in [0.15, 0.2) is 18.2 Å². The third-order valence-corrected chi connectivity index (χ3v) is 3.46. The van der Waals surface area contributed by atoms with Crippen molar-refractivity contribution in [1.29, 1.82) is 0 Å². The van der Waals surface area contributed by atoms with Crippen molar-refractivity contribution in [3.05, 3.63) is 28.3 Å². The first-order valence-electron chi connectivity index (χ1n) is 6.29. The molecule has 0 saturated carbocycles. The number of benzene rings is 1. The van der Waals surface area contributed by atoms with E-state index in [-0.39, 0.29) is 17.5 Å². The Kier molecular flexibility index (Phi) is 4.21. The van der Waals surface area contributed by atoms with Crippen LogP contribution in [0.25, 0.3) is 0 Å². The predicted octanol–water partition coefficient (Wildman–Crippen LogP) is 2.44. The summed E-state index contributed by atoms with van der Waals surface area (Å²) in [7, 11) is 1.43. The first kappa shape index (κ1) is 13.6. The molecule has 0 aliphatic carbocycles. The van der Waals surface area contributed by atoms with Gasteiger partial charge in [0.25, 0.3) is 0 Å². The molecule has 104 valence electrons. The smallest absolute Gasteiger partial charge is 0.333 e. The van der Waals surface area contributed by atoms with Crippen molar-refractivity contribution in [1.82, 2.24) is 0 Å². The quantitative estimate of drug-likeness (QED) is 0.654. The number of rotatable bonds is 5. The van der Waals surface area contributed by atoms with E-state index in [1.165, 1.54) is 7.11 Å². The van der Waals surface area contributed by atoms with E-state index < -0.39 is 4.92 Å². The van der Waals surface area contributed by atoms with Gasteiger partial charge in [-0.25, -0.2) is 0 Å². The molecule has 1 saturated heterocycles. The maximum atomic E-state index is 11.2. The van der Waals surface area contributed by atoms with Crippen LogP contribution in [0.2, 0.25) is 0 Å². The summed E-state index contributed by atoms with van der Waals surface area (Å²) < 4.78 is 10.4. The molecular weight excluding hydrogens is 248 g/mol. The van der Waals surface area contributed by atoms with E-state index in [1.807, 2.05) is 6.92 Å². The van der Waals surface area contributed by atoms with Crippen molar-refractivity contribution < 1.29 is 14.4 Å². The van der Waals surface area contributed by atoms with Crippen molar-refractivity contribution >= 4 is 11.4 Å². The van der Waals surface area contributed by atoms with Gasteiger partial charge < -0.3 is 14.8 Å². The first-order chi connectivity index (χ1) is 9.13. The Morgan fingerprint density at radius 3 is 2.95 bits per heavy atom. The van der Waals surface area contributed by atoms with Crippen LogP contribution in [0, 0.1) is 16.0 Å². The maximum absolute atomic E-state index is 11.2. The Bertz CT molecular complexity index is 458. The minimum atomic E-state index is -0.418. The molecule has 1 fully saturated rings. The Morgan fingerprint density at radius 1 is 1.58 bits per heavy atom. The molecule has 6 heteroatoms. The van der Waals surface area contributed by atoms with Gasteiger partial charge >= 0.3 is 5.69 Å². The Balaban J connectivity index is 2.21. The van der Waals surface area contributed by atoms with Crippen LogP contribution < -0.4 is 10.1 Å². The fourth-order valence-electron chi connectivity index (χ4n) is 2.30. The summed E-state index contributed by atoms with van der Waals surface area (Å²) in [6.45, 7) is 3.48. The topological polar surface area (TPSA) is 73.6 Å². The lowest BCUT2D eigenvalue weighted by molar-refractivity contribution is -0.384. The minimum Gasteiger partial charge on any atom is -0.490 e. The third kappa shape index (κ3) is 2.96. The number of para-hydroxylation sites is 1. The van der Waals surface area contributed by atoms with Crippen molar-refractivity contribution in [2.45, 2.75) is 19.4 Å². The van der Waals surface area contributed by atoms with Gasteiger partial charge in [-0.15, -0.1) is 0 Å². The van der Waals surface area contributed by atoms with E-state index in [9.17, 15) is 10.1 Å². The highest BCUT2D eigenvalue weighted by molar-refractivity contribution is 5.68. The zero-order valence-electron chi connectivity index (χ0n) is 11.1. The number of hydrogen-bond donors (Lipinski definition) is 1. The number of hydrogen-bond acceptors (Lipinski definition) is 5. The first-order valence-corrected chi connectivity index (χ1v) is 6.29. The molecular formula is C13H18N2O4. The van der Waals surface area contributed by atoms with Gasteiger partial charge in [0, 0.05) is 18.6 Å². The van der Waals surface area contributed by atoms with Gasteiger partial charge in [-0.2, -0.15) is 0 Å². The van der Waals surface area contributed by atoms with E-state index in [0.717, 1.165) is 13.0 Å². The van der Waals surface area contributed by atoms with Crippen molar-refractivity contribution in [3.8, 4) is 5.75 Å². The van der Waals surface area contributed by atoms with E-state index in [2.05, 4.69) is 5.32 Å². The van der Waals surface area contributed by atoms with Gasteiger partial charge in [0.05, 0.1) is 18.6 Å². The second kappa shape index (κ2) is 5.88. The molecule has 1 aliphatic rings. The van der Waals surface area contributed by atoms with Crippen LogP contribution >= 0.6 is 0 Å². The largest absolute Gasteiger partial charge is 0.490 e. The monoisotopic (exact) mass is 266 g/mol. The molecule has 2 atom stereocenters. The summed E-state index contributed by atoms with van der Waals surface area (Å²) in [6, 6.07) is 5.15. The fraction of sp³-hybridized carbons (Fsp3) is 0.538. The SMILES string of the molecule is COc1cccc(NC(C)C2CCOC2)c1[N+](=O)[O-]. The number of nitro benzene ring substituents is 1. The number of anilines is 1. The molecule has 0 radical (unpaired) electrons. The molecule has 1 aliphatic heterocycles. The van der Waals surface area contributed by atoms with E-state index >= 15 is 0 Å². The summed E-state index contributed by atoms with van der Waals surface area (Å²) in [6.07, 6.45) is 0.978. The highest BCUT2D eigenvalue weighted by atomic mass is 16.6. The van der Waals surface area contributed by atoms with Gasteiger partial charge in [-0.1, -0.05) is 6.07 Å². The summed E-state index contributed by atoms with van der Waals surface area (Å²) in [5, 5.41) is 14.4. The van der Waals surface area contributed by atoms with Crippen LogP contribution in [-0.2, 0) is 4.74 Å². The summed E-state index contributed by atoms with van der Waals surface area (Å²) in [4.78, 5) is 10.7. The van der Waals surface area contributed by atoms with E-state index in [1.54, 1.807) is 18.2 Å². The average Bonchev–Trinajstić information content (AvgIpc) is 2.92. The van der Waals surface area contributed by atoms with Gasteiger partial charge in [-0.3, -0.25) is 10.1 Å². The van der Waals surface area contributed by atoms with Crippen LogP contribution in [0.3, 0.4) is 0 Å². The summed E-state index contributed by atoms with van der Waals surface area (Å²) in [5.74, 6) is 0.649. The molecule has 1 aromatic carbocycles. The fourth-order valence-corrected chi connectivity index (χ4v) is 2.30. The second-order valence-electron chi connectivity index (χ2n) is 4.67. The van der Waals surface area contributed by atoms with Gasteiger partial charge in [-0.05, 0) is 25.5 Å². The number of ether oxygens (including phenoxy) is 2. The lowest BCUT2D eigenvalue weighted by Gasteiger charge is -2.20. The highest BCUT2D eigenvalue weighted by Gasteiger charge is 2.26. The van der Waals surface area contributed by atoms with Crippen LogP contribution in [0.5, 0.6) is 5.75 Å². The van der Waals surface area contributed by atoms with Crippen LogP contribution in [0.1, 0.15) is 13.3 Å². The van der Waals surface area contributed by atoms with Crippen LogP contribution in [-0.4, -0.2) is 31.3 Å². The third-order valence-electron chi connectivity index (χ3n) is 3.46. The van der Waals surface area contributed by atoms with Crippen molar-refractivity contribution in [2.75, 3.05) is 25.6 Å². The number of nitrogens with zero attached hydrogens (tertiary/aromatic N) is 1. The lowest BCUT2D eigenvalue weighted by atomic mass is 10.0. The lowest BCUT2D eigenvalue weighted by Crippen LogP contribution is -2.26. The predicted molar refractivity (Wildman–Crippen MR) is 71.7 cm³/mol.